The number of ether oxygens (including phenoxy) is 1. The summed E-state index contributed by atoms with van der Waals surface area (Å²) in [6.45, 7) is 7.24. The number of fused-ring (bicyclic) bond motifs is 1. The number of nitrogens with one attached hydrogen (secondary N) is 2. The number of allylic oxidation sites excluding steroid dienone is 2. The van der Waals surface area contributed by atoms with Gasteiger partial charge in [-0.1, -0.05) is 24.3 Å². The van der Waals surface area contributed by atoms with Crippen LogP contribution in [0.3, 0.4) is 0 Å². The third-order valence-corrected chi connectivity index (χ3v) is 5.52. The number of alkyl halides is 3. The van der Waals surface area contributed by atoms with Crippen molar-refractivity contribution in [3.05, 3.63) is 47.7 Å². The van der Waals surface area contributed by atoms with Crippen molar-refractivity contribution >= 4 is 28.5 Å². The number of para-hydroxylation sites is 1. The van der Waals surface area contributed by atoms with Crippen molar-refractivity contribution in [1.82, 2.24) is 15.6 Å². The molecule has 0 radical (unpaired) electrons. The van der Waals surface area contributed by atoms with E-state index < -0.39 is 23.8 Å². The van der Waals surface area contributed by atoms with E-state index in [0.717, 1.165) is 16.5 Å². The summed E-state index contributed by atoms with van der Waals surface area (Å²) < 4.78 is 44.1. The third kappa shape index (κ3) is 6.71. The fourth-order valence-corrected chi connectivity index (χ4v) is 3.83. The Morgan fingerprint density at radius 2 is 1.97 bits per heavy atom. The average Bonchev–Trinajstić information content (AvgIpc) is 2.75. The van der Waals surface area contributed by atoms with Crippen LogP contribution < -0.4 is 10.6 Å². The van der Waals surface area contributed by atoms with Gasteiger partial charge in [0.15, 0.2) is 0 Å². The van der Waals surface area contributed by atoms with E-state index in [1.54, 1.807) is 39.8 Å². The average molecular weight is 478 g/mol. The lowest BCUT2D eigenvalue weighted by atomic mass is 9.85. The Kier molecular flexibility index (Phi) is 7.53. The molecule has 0 fully saturated rings. The topological polar surface area (TPSA) is 80.3 Å². The van der Waals surface area contributed by atoms with Crippen LogP contribution in [0.2, 0.25) is 0 Å². The minimum absolute atomic E-state index is 0.0368. The van der Waals surface area contributed by atoms with Gasteiger partial charge in [0.25, 0.3) is 5.91 Å². The van der Waals surface area contributed by atoms with Crippen molar-refractivity contribution in [2.24, 2.45) is 5.92 Å². The molecular weight excluding hydrogens is 447 g/mol. The minimum Gasteiger partial charge on any atom is -0.444 e. The highest BCUT2D eigenvalue weighted by Crippen LogP contribution is 2.40. The van der Waals surface area contributed by atoms with E-state index in [1.165, 1.54) is 6.20 Å². The van der Waals surface area contributed by atoms with Gasteiger partial charge < -0.3 is 15.4 Å². The number of hydrogen-bond acceptors (Lipinski definition) is 4. The molecule has 0 spiro atoms. The summed E-state index contributed by atoms with van der Waals surface area (Å²) in [5.41, 5.74) is 2.02. The zero-order chi connectivity index (χ0) is 25.1. The van der Waals surface area contributed by atoms with Crippen molar-refractivity contribution in [3.63, 3.8) is 0 Å². The van der Waals surface area contributed by atoms with E-state index in [9.17, 15) is 22.8 Å². The predicted molar refractivity (Wildman–Crippen MR) is 124 cm³/mol. The highest BCUT2D eigenvalue weighted by atomic mass is 19.4. The molecule has 0 aliphatic heterocycles. The smallest absolute Gasteiger partial charge is 0.407 e. The first-order chi connectivity index (χ1) is 15.8. The lowest BCUT2D eigenvalue weighted by molar-refractivity contribution is -0.175. The Balaban J connectivity index is 1.67. The second-order valence-electron chi connectivity index (χ2n) is 9.60. The number of nitrogens with zero attached hydrogens (tertiary/aromatic N) is 1. The van der Waals surface area contributed by atoms with Crippen LogP contribution in [0.4, 0.5) is 18.0 Å². The van der Waals surface area contributed by atoms with Crippen LogP contribution in [-0.2, 0) is 4.74 Å². The van der Waals surface area contributed by atoms with Crippen LogP contribution in [0, 0.1) is 5.92 Å². The summed E-state index contributed by atoms with van der Waals surface area (Å²) in [4.78, 5) is 28.9. The largest absolute Gasteiger partial charge is 0.444 e. The van der Waals surface area contributed by atoms with Crippen molar-refractivity contribution in [3.8, 4) is 0 Å². The molecule has 1 heterocycles. The SMILES string of the molecule is C[C@H](CNC(=O)OC(C)(C)C)NC(=O)c1cnc2c(C3=CCC(C(F)(F)F)CC3)cccc2c1. The Morgan fingerprint density at radius 3 is 2.59 bits per heavy atom. The maximum atomic E-state index is 13.0. The van der Waals surface area contributed by atoms with Gasteiger partial charge in [-0.3, -0.25) is 9.78 Å². The second-order valence-corrected chi connectivity index (χ2v) is 9.60. The molecule has 2 N–H and O–H groups in total. The molecule has 9 heteroatoms. The molecule has 6 nitrogen and oxygen atoms in total. The Labute approximate surface area is 197 Å². The van der Waals surface area contributed by atoms with E-state index in [0.29, 0.717) is 17.5 Å². The van der Waals surface area contributed by atoms with Crippen molar-refractivity contribution in [2.45, 2.75) is 64.8 Å². The molecule has 0 bridgehead atoms. The summed E-state index contributed by atoms with van der Waals surface area (Å²) in [6, 6.07) is 6.83. The molecule has 3 rings (SSSR count). The zero-order valence-corrected chi connectivity index (χ0v) is 19.8. The molecule has 2 aromatic rings. The summed E-state index contributed by atoms with van der Waals surface area (Å²) in [5, 5.41) is 6.15. The standard InChI is InChI=1S/C25H30F3N3O3/c1-15(13-30-23(33)34-24(2,3)4)31-22(32)18-12-17-6-5-7-20(21(17)29-14-18)16-8-10-19(11-9-16)25(26,27)28/h5-8,12,14-15,19H,9-11,13H2,1-4H3,(H,30,33)(H,31,32)/t15-,19?/m1/s1. The van der Waals surface area contributed by atoms with Gasteiger partial charge in [0.05, 0.1) is 17.0 Å². The number of hydrogen-bond donors (Lipinski definition) is 2. The normalized spacial score (nSPS) is 17.6. The molecular formula is C25H30F3N3O3. The van der Waals surface area contributed by atoms with E-state index in [1.807, 2.05) is 18.2 Å². The number of alkyl carbamates (subject to hydrolysis) is 1. The first-order valence-electron chi connectivity index (χ1n) is 11.3. The third-order valence-electron chi connectivity index (χ3n) is 5.52. The number of aromatic nitrogens is 1. The first-order valence-corrected chi connectivity index (χ1v) is 11.3. The van der Waals surface area contributed by atoms with Gasteiger partial charge in [0.1, 0.15) is 5.60 Å². The summed E-state index contributed by atoms with van der Waals surface area (Å²) in [7, 11) is 0. The fourth-order valence-electron chi connectivity index (χ4n) is 3.83. The van der Waals surface area contributed by atoms with Gasteiger partial charge in [-0.05, 0) is 58.6 Å². The molecule has 1 aliphatic carbocycles. The van der Waals surface area contributed by atoms with Gasteiger partial charge in [-0.2, -0.15) is 13.2 Å². The summed E-state index contributed by atoms with van der Waals surface area (Å²) in [5.74, 6) is -1.65. The van der Waals surface area contributed by atoms with E-state index in [4.69, 9.17) is 4.74 Å². The minimum atomic E-state index is -4.18. The maximum absolute atomic E-state index is 13.0. The Bertz CT molecular complexity index is 1090. The number of rotatable bonds is 5. The molecule has 1 aliphatic rings. The van der Waals surface area contributed by atoms with Crippen molar-refractivity contribution in [1.29, 1.82) is 0 Å². The van der Waals surface area contributed by atoms with E-state index >= 15 is 0 Å². The monoisotopic (exact) mass is 477 g/mol. The molecule has 1 aromatic carbocycles. The Hall–Kier alpha value is -3.10. The molecule has 2 amide bonds. The molecule has 0 saturated heterocycles. The lowest BCUT2D eigenvalue weighted by Crippen LogP contribution is -2.43. The number of halogens is 3. The highest BCUT2D eigenvalue weighted by Gasteiger charge is 2.39. The van der Waals surface area contributed by atoms with Gasteiger partial charge in [-0.15, -0.1) is 0 Å². The highest BCUT2D eigenvalue weighted by molar-refractivity contribution is 5.99. The first kappa shape index (κ1) is 25.5. The van der Waals surface area contributed by atoms with E-state index in [2.05, 4.69) is 15.6 Å². The fraction of sp³-hybridized carbons (Fsp3) is 0.480. The van der Waals surface area contributed by atoms with Gasteiger partial charge >= 0.3 is 12.3 Å². The van der Waals surface area contributed by atoms with Crippen LogP contribution >= 0.6 is 0 Å². The second kappa shape index (κ2) is 10.0. The number of carbonyl (C=O) groups excluding carboxylic acids is 2. The van der Waals surface area contributed by atoms with Gasteiger partial charge in [0.2, 0.25) is 0 Å². The lowest BCUT2D eigenvalue weighted by Gasteiger charge is -2.24. The molecule has 1 unspecified atom stereocenters. The van der Waals surface area contributed by atoms with Crippen LogP contribution in [0.25, 0.3) is 16.5 Å². The van der Waals surface area contributed by atoms with Crippen LogP contribution in [0.1, 0.15) is 62.9 Å². The number of amides is 2. The van der Waals surface area contributed by atoms with E-state index in [-0.39, 0.29) is 31.3 Å². The van der Waals surface area contributed by atoms with Crippen LogP contribution in [0.5, 0.6) is 0 Å². The number of carbonyl (C=O) groups is 2. The predicted octanol–water partition coefficient (Wildman–Crippen LogP) is 5.62. The summed E-state index contributed by atoms with van der Waals surface area (Å²) >= 11 is 0. The quantitative estimate of drug-likeness (QED) is 0.586. The summed E-state index contributed by atoms with van der Waals surface area (Å²) in [6.07, 6.45) is -1.29. The molecule has 1 aromatic heterocycles. The zero-order valence-electron chi connectivity index (χ0n) is 19.8. The molecule has 2 atom stereocenters. The Morgan fingerprint density at radius 1 is 1.24 bits per heavy atom. The van der Waals surface area contributed by atoms with Crippen molar-refractivity contribution in [2.75, 3.05) is 6.54 Å². The number of benzene rings is 1. The van der Waals surface area contributed by atoms with Gasteiger partial charge in [0, 0.05) is 29.7 Å². The van der Waals surface area contributed by atoms with Crippen LogP contribution in [0.15, 0.2) is 36.5 Å². The number of pyridine rings is 1. The molecule has 184 valence electrons. The molecule has 34 heavy (non-hydrogen) atoms. The van der Waals surface area contributed by atoms with Gasteiger partial charge in [-0.25, -0.2) is 4.79 Å². The maximum Gasteiger partial charge on any atom is 0.407 e. The molecule has 0 saturated carbocycles. The van der Waals surface area contributed by atoms with Crippen LogP contribution in [-0.4, -0.2) is 41.3 Å². The van der Waals surface area contributed by atoms with Crippen molar-refractivity contribution < 1.29 is 27.5 Å².